The lowest BCUT2D eigenvalue weighted by Gasteiger charge is -2.44. The van der Waals surface area contributed by atoms with Crippen LogP contribution in [-0.4, -0.2) is 42.4 Å². The van der Waals surface area contributed by atoms with Gasteiger partial charge < -0.3 is 9.80 Å². The van der Waals surface area contributed by atoms with Crippen LogP contribution in [0.5, 0.6) is 0 Å². The Kier molecular flexibility index (Phi) is 5.06. The van der Waals surface area contributed by atoms with Crippen LogP contribution < -0.4 is 4.90 Å². The summed E-state index contributed by atoms with van der Waals surface area (Å²) in [6, 6.07) is 10.6. The summed E-state index contributed by atoms with van der Waals surface area (Å²) in [4.78, 5) is 16.6. The Morgan fingerprint density at radius 1 is 1.35 bits per heavy atom. The number of amides is 1. The molecule has 4 heteroatoms. The number of halogens is 1. The zero-order valence-corrected chi connectivity index (χ0v) is 13.2. The van der Waals surface area contributed by atoms with Crippen LogP contribution in [0, 0.1) is 5.92 Å². The van der Waals surface area contributed by atoms with E-state index in [1.807, 2.05) is 35.2 Å². The number of para-hydroxylation sites is 1. The van der Waals surface area contributed by atoms with E-state index in [2.05, 4.69) is 25.8 Å². The van der Waals surface area contributed by atoms with E-state index in [-0.39, 0.29) is 17.8 Å². The monoisotopic (exact) mass is 294 g/mol. The lowest BCUT2D eigenvalue weighted by molar-refractivity contribution is -0.117. The SMILES string of the molecule is CC1CN(C)C(C)CC1N(C(=O)CCl)c1ccccc1. The van der Waals surface area contributed by atoms with Gasteiger partial charge in [0.05, 0.1) is 0 Å². The smallest absolute Gasteiger partial charge is 0.242 e. The van der Waals surface area contributed by atoms with Gasteiger partial charge in [-0.3, -0.25) is 4.79 Å². The molecule has 110 valence electrons. The first kappa shape index (κ1) is 15.3. The molecule has 0 aliphatic carbocycles. The number of rotatable bonds is 3. The number of hydrogen-bond acceptors (Lipinski definition) is 2. The lowest BCUT2D eigenvalue weighted by atomic mass is 9.88. The molecule has 0 aromatic heterocycles. The molecule has 0 N–H and O–H groups in total. The van der Waals surface area contributed by atoms with Crippen molar-refractivity contribution < 1.29 is 4.79 Å². The summed E-state index contributed by atoms with van der Waals surface area (Å²) < 4.78 is 0. The van der Waals surface area contributed by atoms with Crippen LogP contribution in [0.1, 0.15) is 20.3 Å². The number of alkyl halides is 1. The van der Waals surface area contributed by atoms with Gasteiger partial charge in [0.25, 0.3) is 0 Å². The number of benzene rings is 1. The average Bonchev–Trinajstić information content (AvgIpc) is 2.45. The molecule has 3 atom stereocenters. The molecule has 3 nitrogen and oxygen atoms in total. The summed E-state index contributed by atoms with van der Waals surface area (Å²) in [6.45, 7) is 5.43. The number of piperidine rings is 1. The van der Waals surface area contributed by atoms with Crippen molar-refractivity contribution in [2.45, 2.75) is 32.4 Å². The number of anilines is 1. The van der Waals surface area contributed by atoms with Crippen molar-refractivity contribution >= 4 is 23.2 Å². The van der Waals surface area contributed by atoms with Gasteiger partial charge in [0.1, 0.15) is 5.88 Å². The van der Waals surface area contributed by atoms with E-state index in [9.17, 15) is 4.79 Å². The number of hydrogen-bond donors (Lipinski definition) is 0. The van der Waals surface area contributed by atoms with E-state index in [0.29, 0.717) is 12.0 Å². The Morgan fingerprint density at radius 2 is 2.00 bits per heavy atom. The van der Waals surface area contributed by atoms with Crippen LogP contribution in [0.15, 0.2) is 30.3 Å². The normalized spacial score (nSPS) is 27.3. The van der Waals surface area contributed by atoms with Gasteiger partial charge in [0, 0.05) is 24.3 Å². The second-order valence-electron chi connectivity index (χ2n) is 5.80. The van der Waals surface area contributed by atoms with Crippen molar-refractivity contribution in [3.05, 3.63) is 30.3 Å². The first-order chi connectivity index (χ1) is 9.54. The first-order valence-corrected chi connectivity index (χ1v) is 7.71. The molecule has 1 fully saturated rings. The van der Waals surface area contributed by atoms with E-state index >= 15 is 0 Å². The Labute approximate surface area is 126 Å². The zero-order chi connectivity index (χ0) is 14.7. The molecule has 1 saturated heterocycles. The number of carbonyl (C=O) groups is 1. The Morgan fingerprint density at radius 3 is 2.60 bits per heavy atom. The highest BCUT2D eigenvalue weighted by molar-refractivity contribution is 6.29. The van der Waals surface area contributed by atoms with Gasteiger partial charge >= 0.3 is 0 Å². The molecule has 1 amide bonds. The Bertz CT molecular complexity index is 451. The van der Waals surface area contributed by atoms with Crippen LogP contribution in [0.4, 0.5) is 5.69 Å². The highest BCUT2D eigenvalue weighted by Gasteiger charge is 2.35. The molecule has 0 radical (unpaired) electrons. The quantitative estimate of drug-likeness (QED) is 0.800. The maximum absolute atomic E-state index is 12.3. The van der Waals surface area contributed by atoms with E-state index in [1.165, 1.54) is 0 Å². The number of nitrogens with zero attached hydrogens (tertiary/aromatic N) is 2. The van der Waals surface area contributed by atoms with Crippen LogP contribution in [0.3, 0.4) is 0 Å². The average molecular weight is 295 g/mol. The molecule has 0 spiro atoms. The fourth-order valence-corrected chi connectivity index (χ4v) is 3.18. The van der Waals surface area contributed by atoms with Crippen LogP contribution in [-0.2, 0) is 4.79 Å². The van der Waals surface area contributed by atoms with Crippen molar-refractivity contribution in [1.82, 2.24) is 4.90 Å². The van der Waals surface area contributed by atoms with Gasteiger partial charge in [-0.1, -0.05) is 25.1 Å². The van der Waals surface area contributed by atoms with Crippen LogP contribution in [0.2, 0.25) is 0 Å². The molecular formula is C16H23ClN2O. The highest BCUT2D eigenvalue weighted by Crippen LogP contribution is 2.29. The minimum Gasteiger partial charge on any atom is -0.308 e. The lowest BCUT2D eigenvalue weighted by Crippen LogP contribution is -2.54. The third-order valence-corrected chi connectivity index (χ3v) is 4.55. The maximum Gasteiger partial charge on any atom is 0.242 e. The second-order valence-corrected chi connectivity index (χ2v) is 6.07. The van der Waals surface area contributed by atoms with Crippen molar-refractivity contribution in [2.75, 3.05) is 24.4 Å². The molecule has 2 rings (SSSR count). The molecule has 1 heterocycles. The molecule has 1 aromatic carbocycles. The summed E-state index contributed by atoms with van der Waals surface area (Å²) >= 11 is 5.83. The van der Waals surface area contributed by atoms with Crippen molar-refractivity contribution in [3.63, 3.8) is 0 Å². The van der Waals surface area contributed by atoms with E-state index in [1.54, 1.807) is 0 Å². The number of likely N-dealkylation sites (tertiary alicyclic amines) is 1. The predicted molar refractivity (Wildman–Crippen MR) is 84.3 cm³/mol. The van der Waals surface area contributed by atoms with E-state index in [4.69, 9.17) is 11.6 Å². The molecule has 1 aromatic rings. The van der Waals surface area contributed by atoms with Gasteiger partial charge in [-0.2, -0.15) is 0 Å². The van der Waals surface area contributed by atoms with Crippen molar-refractivity contribution in [3.8, 4) is 0 Å². The van der Waals surface area contributed by atoms with Gasteiger partial charge in [0.2, 0.25) is 5.91 Å². The minimum absolute atomic E-state index is 0.00790. The molecule has 0 saturated carbocycles. The fraction of sp³-hybridized carbons (Fsp3) is 0.562. The first-order valence-electron chi connectivity index (χ1n) is 7.18. The topological polar surface area (TPSA) is 23.6 Å². The van der Waals surface area contributed by atoms with Crippen molar-refractivity contribution in [2.24, 2.45) is 5.92 Å². The van der Waals surface area contributed by atoms with Gasteiger partial charge in [0.15, 0.2) is 0 Å². The molecule has 3 unspecified atom stereocenters. The van der Waals surface area contributed by atoms with Crippen LogP contribution in [0.25, 0.3) is 0 Å². The second kappa shape index (κ2) is 6.59. The predicted octanol–water partition coefficient (Wildman–Crippen LogP) is 2.99. The summed E-state index contributed by atoms with van der Waals surface area (Å²) in [5, 5.41) is 0. The summed E-state index contributed by atoms with van der Waals surface area (Å²) in [5.74, 6) is 0.456. The zero-order valence-electron chi connectivity index (χ0n) is 12.4. The summed E-state index contributed by atoms with van der Waals surface area (Å²) in [5.41, 5.74) is 0.951. The molecule has 0 bridgehead atoms. The van der Waals surface area contributed by atoms with Gasteiger partial charge in [-0.15, -0.1) is 11.6 Å². The largest absolute Gasteiger partial charge is 0.308 e. The van der Waals surface area contributed by atoms with Crippen molar-refractivity contribution in [1.29, 1.82) is 0 Å². The molecule has 1 aliphatic rings. The molecule has 1 aliphatic heterocycles. The van der Waals surface area contributed by atoms with Gasteiger partial charge in [-0.25, -0.2) is 0 Å². The third-order valence-electron chi connectivity index (χ3n) is 4.32. The van der Waals surface area contributed by atoms with E-state index in [0.717, 1.165) is 18.7 Å². The highest BCUT2D eigenvalue weighted by atomic mass is 35.5. The van der Waals surface area contributed by atoms with Crippen LogP contribution >= 0.6 is 11.6 Å². The minimum atomic E-state index is -0.00790. The standard InChI is InChI=1S/C16H23ClN2O/c1-12-11-18(3)13(2)9-15(12)19(16(20)10-17)14-7-5-4-6-8-14/h4-8,12-13,15H,9-11H2,1-3H3. The maximum atomic E-state index is 12.3. The molecule has 20 heavy (non-hydrogen) atoms. The van der Waals surface area contributed by atoms with E-state index < -0.39 is 0 Å². The Hall–Kier alpha value is -1.06. The Balaban J connectivity index is 2.30. The summed E-state index contributed by atoms with van der Waals surface area (Å²) in [7, 11) is 2.15. The number of carbonyl (C=O) groups excluding carboxylic acids is 1. The summed E-state index contributed by atoms with van der Waals surface area (Å²) in [6.07, 6.45) is 0.981. The third kappa shape index (κ3) is 3.15. The fourth-order valence-electron chi connectivity index (χ4n) is 3.05. The molecular weight excluding hydrogens is 272 g/mol. The van der Waals surface area contributed by atoms with Gasteiger partial charge in [-0.05, 0) is 38.4 Å².